The lowest BCUT2D eigenvalue weighted by atomic mass is 10.1. The highest BCUT2D eigenvalue weighted by atomic mass is 32.1. The molecule has 1 heterocycles. The summed E-state index contributed by atoms with van der Waals surface area (Å²) >= 11 is 1.37. The van der Waals surface area contributed by atoms with E-state index in [0.29, 0.717) is 6.61 Å². The summed E-state index contributed by atoms with van der Waals surface area (Å²) in [4.78, 5) is 0. The minimum Gasteiger partial charge on any atom is -0.487 e. The van der Waals surface area contributed by atoms with Crippen molar-refractivity contribution in [2.24, 2.45) is 0 Å². The zero-order valence-corrected chi connectivity index (χ0v) is 12.6. The fourth-order valence-corrected chi connectivity index (χ4v) is 2.77. The monoisotopic (exact) mass is 277 g/mol. The standard InChI is InChI=1S/C14H19N3OS/c1-5-15-14-12(16-17-19-14)8-18-13-10(3)6-9(2)7-11(13)4/h6-7,15H,5,8H2,1-4H3. The van der Waals surface area contributed by atoms with Crippen LogP contribution < -0.4 is 10.1 Å². The van der Waals surface area contributed by atoms with Gasteiger partial charge in [0, 0.05) is 18.1 Å². The summed E-state index contributed by atoms with van der Waals surface area (Å²) in [5.41, 5.74) is 4.44. The average molecular weight is 277 g/mol. The molecular formula is C14H19N3OS. The molecule has 0 atom stereocenters. The van der Waals surface area contributed by atoms with Crippen molar-refractivity contribution in [3.05, 3.63) is 34.5 Å². The molecule has 19 heavy (non-hydrogen) atoms. The maximum atomic E-state index is 5.92. The molecular weight excluding hydrogens is 258 g/mol. The fourth-order valence-electron chi connectivity index (χ4n) is 2.13. The summed E-state index contributed by atoms with van der Waals surface area (Å²) in [5, 5.41) is 8.34. The third-order valence-electron chi connectivity index (χ3n) is 2.85. The first-order valence-corrected chi connectivity index (χ1v) is 7.15. The molecule has 5 heteroatoms. The number of nitrogens with zero attached hydrogens (tertiary/aromatic N) is 2. The van der Waals surface area contributed by atoms with Crippen LogP contribution in [0.3, 0.4) is 0 Å². The minimum absolute atomic E-state index is 0.448. The van der Waals surface area contributed by atoms with Gasteiger partial charge in [0.15, 0.2) is 0 Å². The zero-order chi connectivity index (χ0) is 13.8. The quantitative estimate of drug-likeness (QED) is 0.909. The van der Waals surface area contributed by atoms with Crippen LogP contribution in [-0.2, 0) is 6.61 Å². The van der Waals surface area contributed by atoms with Gasteiger partial charge in [-0.3, -0.25) is 0 Å². The number of hydrogen-bond acceptors (Lipinski definition) is 5. The molecule has 0 amide bonds. The Balaban J connectivity index is 2.12. The van der Waals surface area contributed by atoms with Gasteiger partial charge in [0.05, 0.1) is 0 Å². The number of ether oxygens (including phenoxy) is 1. The molecule has 0 saturated heterocycles. The van der Waals surface area contributed by atoms with E-state index in [2.05, 4.69) is 54.7 Å². The Hall–Kier alpha value is -1.62. The van der Waals surface area contributed by atoms with Crippen LogP contribution in [0.2, 0.25) is 0 Å². The number of anilines is 1. The van der Waals surface area contributed by atoms with E-state index in [1.807, 2.05) is 0 Å². The molecule has 1 aromatic heterocycles. The second kappa shape index (κ2) is 6.02. The van der Waals surface area contributed by atoms with E-state index in [1.54, 1.807) is 0 Å². The number of hydrogen-bond donors (Lipinski definition) is 1. The normalized spacial score (nSPS) is 10.5. The van der Waals surface area contributed by atoms with Crippen LogP contribution in [0.4, 0.5) is 5.00 Å². The third-order valence-corrected chi connectivity index (χ3v) is 3.58. The fraction of sp³-hybridized carbons (Fsp3) is 0.429. The molecule has 0 spiro atoms. The Kier molecular flexibility index (Phi) is 4.37. The van der Waals surface area contributed by atoms with Crippen molar-refractivity contribution < 1.29 is 4.74 Å². The van der Waals surface area contributed by atoms with Gasteiger partial charge >= 0.3 is 0 Å². The Morgan fingerprint density at radius 3 is 2.53 bits per heavy atom. The maximum Gasteiger partial charge on any atom is 0.136 e. The number of aromatic nitrogens is 2. The summed E-state index contributed by atoms with van der Waals surface area (Å²) in [6.45, 7) is 9.60. The Bertz CT molecular complexity index is 543. The van der Waals surface area contributed by atoms with E-state index in [1.165, 1.54) is 17.1 Å². The largest absolute Gasteiger partial charge is 0.487 e. The van der Waals surface area contributed by atoms with Gasteiger partial charge in [-0.15, -0.1) is 5.10 Å². The van der Waals surface area contributed by atoms with Crippen LogP contribution in [0.1, 0.15) is 29.3 Å². The first kappa shape index (κ1) is 13.8. The predicted molar refractivity (Wildman–Crippen MR) is 79.1 cm³/mol. The lowest BCUT2D eigenvalue weighted by Crippen LogP contribution is -2.04. The van der Waals surface area contributed by atoms with Crippen LogP contribution in [0.5, 0.6) is 5.75 Å². The third kappa shape index (κ3) is 3.23. The summed E-state index contributed by atoms with van der Waals surface area (Å²) in [5.74, 6) is 0.945. The molecule has 0 bridgehead atoms. The van der Waals surface area contributed by atoms with E-state index in [9.17, 15) is 0 Å². The predicted octanol–water partition coefficient (Wildman–Crippen LogP) is 3.47. The summed E-state index contributed by atoms with van der Waals surface area (Å²) in [7, 11) is 0. The molecule has 0 aliphatic rings. The second-order valence-corrected chi connectivity index (χ2v) is 5.35. The zero-order valence-electron chi connectivity index (χ0n) is 11.8. The van der Waals surface area contributed by atoms with Crippen LogP contribution in [0.15, 0.2) is 12.1 Å². The van der Waals surface area contributed by atoms with Gasteiger partial charge in [-0.05, 0) is 38.8 Å². The molecule has 4 nitrogen and oxygen atoms in total. The van der Waals surface area contributed by atoms with Gasteiger partial charge < -0.3 is 10.1 Å². The Morgan fingerprint density at radius 1 is 1.21 bits per heavy atom. The second-order valence-electron chi connectivity index (χ2n) is 4.60. The van der Waals surface area contributed by atoms with Crippen molar-refractivity contribution in [2.45, 2.75) is 34.3 Å². The molecule has 0 aliphatic carbocycles. The molecule has 0 unspecified atom stereocenters. The summed E-state index contributed by atoms with van der Waals surface area (Å²) in [6, 6.07) is 4.26. The van der Waals surface area contributed by atoms with Crippen molar-refractivity contribution in [3.63, 3.8) is 0 Å². The number of aryl methyl sites for hydroxylation is 3. The minimum atomic E-state index is 0.448. The highest BCUT2D eigenvalue weighted by Gasteiger charge is 2.10. The van der Waals surface area contributed by atoms with Crippen LogP contribution in [0.25, 0.3) is 0 Å². The topological polar surface area (TPSA) is 47.0 Å². The highest BCUT2D eigenvalue weighted by molar-refractivity contribution is 7.10. The van der Waals surface area contributed by atoms with Crippen molar-refractivity contribution in [3.8, 4) is 5.75 Å². The summed E-state index contributed by atoms with van der Waals surface area (Å²) in [6.07, 6.45) is 0. The number of rotatable bonds is 5. The van der Waals surface area contributed by atoms with E-state index in [-0.39, 0.29) is 0 Å². The molecule has 2 rings (SSSR count). The van der Waals surface area contributed by atoms with Gasteiger partial charge in [-0.25, -0.2) is 0 Å². The average Bonchev–Trinajstić information content (AvgIpc) is 2.76. The van der Waals surface area contributed by atoms with Gasteiger partial charge in [0.2, 0.25) is 0 Å². The van der Waals surface area contributed by atoms with Crippen LogP contribution in [-0.4, -0.2) is 16.1 Å². The smallest absolute Gasteiger partial charge is 0.136 e. The Labute approximate surface area is 118 Å². The van der Waals surface area contributed by atoms with Crippen molar-refractivity contribution in [1.29, 1.82) is 0 Å². The molecule has 1 aromatic carbocycles. The maximum absolute atomic E-state index is 5.92. The van der Waals surface area contributed by atoms with Crippen molar-refractivity contribution >= 4 is 16.5 Å². The van der Waals surface area contributed by atoms with E-state index < -0.39 is 0 Å². The van der Waals surface area contributed by atoms with Gasteiger partial charge in [-0.1, -0.05) is 22.2 Å². The Morgan fingerprint density at radius 2 is 1.89 bits per heavy atom. The van der Waals surface area contributed by atoms with E-state index >= 15 is 0 Å². The molecule has 102 valence electrons. The van der Waals surface area contributed by atoms with Crippen LogP contribution >= 0.6 is 11.5 Å². The van der Waals surface area contributed by atoms with E-state index in [0.717, 1.165) is 34.1 Å². The molecule has 0 saturated carbocycles. The highest BCUT2D eigenvalue weighted by Crippen LogP contribution is 2.26. The summed E-state index contributed by atoms with van der Waals surface area (Å²) < 4.78 is 9.88. The van der Waals surface area contributed by atoms with Gasteiger partial charge in [0.25, 0.3) is 0 Å². The number of nitrogens with one attached hydrogen (secondary N) is 1. The molecule has 0 fully saturated rings. The SMILES string of the molecule is CCNc1snnc1COc1c(C)cc(C)cc1C. The van der Waals surface area contributed by atoms with Gasteiger partial charge in [0.1, 0.15) is 23.1 Å². The molecule has 0 aliphatic heterocycles. The first-order valence-electron chi connectivity index (χ1n) is 6.37. The molecule has 2 aromatic rings. The first-order chi connectivity index (χ1) is 9.11. The van der Waals surface area contributed by atoms with Gasteiger partial charge in [-0.2, -0.15) is 0 Å². The lowest BCUT2D eigenvalue weighted by molar-refractivity contribution is 0.297. The molecule has 0 radical (unpaired) electrons. The van der Waals surface area contributed by atoms with Crippen molar-refractivity contribution in [2.75, 3.05) is 11.9 Å². The van der Waals surface area contributed by atoms with Crippen LogP contribution in [0, 0.1) is 20.8 Å². The number of benzene rings is 1. The van der Waals surface area contributed by atoms with Crippen molar-refractivity contribution in [1.82, 2.24) is 9.59 Å². The molecule has 1 N–H and O–H groups in total. The van der Waals surface area contributed by atoms with E-state index in [4.69, 9.17) is 4.74 Å². The lowest BCUT2D eigenvalue weighted by Gasteiger charge is -2.12.